The lowest BCUT2D eigenvalue weighted by Crippen LogP contribution is -2.20. The van der Waals surface area contributed by atoms with Crippen LogP contribution in [0.2, 0.25) is 0 Å². The molecular formula is C18H27NO2. The molecule has 0 amide bonds. The maximum Gasteiger partial charge on any atom is 0.124 e. The standard InChI is InChI=1S/C18H27NO2/c1-14(19-11-10-15-6-4-5-7-15)16-8-9-18(21-3)17(12-16)13-20-2/h6,8-9,12,14,19H,4-5,7,10-11,13H2,1-3H3. The van der Waals surface area contributed by atoms with Gasteiger partial charge in [0, 0.05) is 18.7 Å². The average Bonchev–Trinajstić information content (AvgIpc) is 3.00. The Morgan fingerprint density at radius 2 is 2.14 bits per heavy atom. The van der Waals surface area contributed by atoms with E-state index in [4.69, 9.17) is 9.47 Å². The van der Waals surface area contributed by atoms with Crippen molar-refractivity contribution in [1.29, 1.82) is 0 Å². The average molecular weight is 289 g/mol. The SMILES string of the molecule is COCc1cc(C(C)NCCC2=CCCC2)ccc1OC. The molecule has 0 radical (unpaired) electrons. The highest BCUT2D eigenvalue weighted by Gasteiger charge is 2.10. The lowest BCUT2D eigenvalue weighted by atomic mass is 10.0. The molecule has 0 spiro atoms. The highest BCUT2D eigenvalue weighted by atomic mass is 16.5. The minimum Gasteiger partial charge on any atom is -0.496 e. The lowest BCUT2D eigenvalue weighted by molar-refractivity contribution is 0.181. The van der Waals surface area contributed by atoms with E-state index in [-0.39, 0.29) is 0 Å². The van der Waals surface area contributed by atoms with Crippen LogP contribution in [0.25, 0.3) is 0 Å². The Kier molecular flexibility index (Phi) is 6.27. The molecule has 2 rings (SSSR count). The van der Waals surface area contributed by atoms with Crippen molar-refractivity contribution in [3.63, 3.8) is 0 Å². The van der Waals surface area contributed by atoms with Gasteiger partial charge in [-0.25, -0.2) is 0 Å². The zero-order valence-corrected chi connectivity index (χ0v) is 13.4. The van der Waals surface area contributed by atoms with E-state index in [2.05, 4.69) is 30.4 Å². The molecule has 0 saturated heterocycles. The first-order valence-electron chi connectivity index (χ1n) is 7.81. The first-order valence-corrected chi connectivity index (χ1v) is 7.81. The third-order valence-electron chi connectivity index (χ3n) is 4.14. The summed E-state index contributed by atoms with van der Waals surface area (Å²) in [4.78, 5) is 0. The van der Waals surface area contributed by atoms with E-state index in [9.17, 15) is 0 Å². The summed E-state index contributed by atoms with van der Waals surface area (Å²) in [5, 5.41) is 3.61. The van der Waals surface area contributed by atoms with E-state index in [0.717, 1.165) is 17.9 Å². The van der Waals surface area contributed by atoms with Crippen LogP contribution < -0.4 is 10.1 Å². The molecule has 0 bridgehead atoms. The van der Waals surface area contributed by atoms with Gasteiger partial charge >= 0.3 is 0 Å². The number of ether oxygens (including phenoxy) is 2. The topological polar surface area (TPSA) is 30.5 Å². The Labute approximate surface area is 128 Å². The molecule has 1 aliphatic rings. The lowest BCUT2D eigenvalue weighted by Gasteiger charge is -2.17. The number of rotatable bonds is 8. The van der Waals surface area contributed by atoms with E-state index < -0.39 is 0 Å². The predicted octanol–water partition coefficient (Wildman–Crippen LogP) is 3.99. The van der Waals surface area contributed by atoms with Crippen molar-refractivity contribution in [2.45, 2.75) is 45.3 Å². The normalized spacial score (nSPS) is 15.9. The largest absolute Gasteiger partial charge is 0.496 e. The van der Waals surface area contributed by atoms with Gasteiger partial charge in [0.2, 0.25) is 0 Å². The second kappa shape index (κ2) is 8.20. The van der Waals surface area contributed by atoms with Crippen LogP contribution in [0.4, 0.5) is 0 Å². The zero-order chi connectivity index (χ0) is 15.1. The van der Waals surface area contributed by atoms with E-state index in [0.29, 0.717) is 12.6 Å². The van der Waals surface area contributed by atoms with Gasteiger partial charge in [0.25, 0.3) is 0 Å². The molecule has 0 heterocycles. The van der Waals surface area contributed by atoms with Gasteiger partial charge in [-0.2, -0.15) is 0 Å². The molecule has 3 heteroatoms. The van der Waals surface area contributed by atoms with E-state index in [1.165, 1.54) is 31.2 Å². The van der Waals surface area contributed by atoms with Crippen LogP contribution in [0.15, 0.2) is 29.8 Å². The fourth-order valence-electron chi connectivity index (χ4n) is 2.87. The van der Waals surface area contributed by atoms with Crippen LogP contribution in [-0.2, 0) is 11.3 Å². The van der Waals surface area contributed by atoms with Crippen LogP contribution in [0.3, 0.4) is 0 Å². The fourth-order valence-corrected chi connectivity index (χ4v) is 2.87. The summed E-state index contributed by atoms with van der Waals surface area (Å²) in [5.41, 5.74) is 4.00. The number of allylic oxidation sites excluding steroid dienone is 1. The Morgan fingerprint density at radius 1 is 1.29 bits per heavy atom. The van der Waals surface area contributed by atoms with E-state index in [1.807, 2.05) is 6.07 Å². The number of methoxy groups -OCH3 is 2. The summed E-state index contributed by atoms with van der Waals surface area (Å²) in [6, 6.07) is 6.68. The Balaban J connectivity index is 1.91. The molecule has 21 heavy (non-hydrogen) atoms. The molecule has 1 aromatic rings. The number of hydrogen-bond donors (Lipinski definition) is 1. The van der Waals surface area contributed by atoms with Crippen molar-refractivity contribution in [2.75, 3.05) is 20.8 Å². The van der Waals surface area contributed by atoms with Crippen LogP contribution in [-0.4, -0.2) is 20.8 Å². The molecular weight excluding hydrogens is 262 g/mol. The Morgan fingerprint density at radius 3 is 2.81 bits per heavy atom. The summed E-state index contributed by atoms with van der Waals surface area (Å²) in [6.45, 7) is 3.83. The van der Waals surface area contributed by atoms with Gasteiger partial charge in [-0.15, -0.1) is 0 Å². The molecule has 0 fully saturated rings. The fraction of sp³-hybridized carbons (Fsp3) is 0.556. The molecule has 0 aliphatic heterocycles. The van der Waals surface area contributed by atoms with Gasteiger partial charge in [0.1, 0.15) is 5.75 Å². The summed E-state index contributed by atoms with van der Waals surface area (Å²) in [5.74, 6) is 0.893. The van der Waals surface area contributed by atoms with Crippen molar-refractivity contribution < 1.29 is 9.47 Å². The van der Waals surface area contributed by atoms with Gasteiger partial charge in [-0.1, -0.05) is 17.7 Å². The zero-order valence-electron chi connectivity index (χ0n) is 13.4. The highest BCUT2D eigenvalue weighted by molar-refractivity contribution is 5.38. The molecule has 116 valence electrons. The van der Waals surface area contributed by atoms with Crippen LogP contribution in [0, 0.1) is 0 Å². The van der Waals surface area contributed by atoms with Crippen molar-refractivity contribution in [3.05, 3.63) is 41.0 Å². The molecule has 3 nitrogen and oxygen atoms in total. The molecule has 1 aliphatic carbocycles. The molecule has 1 unspecified atom stereocenters. The molecule has 0 aromatic heterocycles. The first-order chi connectivity index (χ1) is 10.2. The first kappa shape index (κ1) is 16.1. The summed E-state index contributed by atoms with van der Waals surface area (Å²) >= 11 is 0. The second-order valence-electron chi connectivity index (χ2n) is 5.68. The summed E-state index contributed by atoms with van der Waals surface area (Å²) in [7, 11) is 3.41. The van der Waals surface area contributed by atoms with Gasteiger partial charge in [-0.3, -0.25) is 0 Å². The van der Waals surface area contributed by atoms with Crippen LogP contribution in [0.5, 0.6) is 5.75 Å². The minimum absolute atomic E-state index is 0.341. The van der Waals surface area contributed by atoms with Gasteiger partial charge in [0.15, 0.2) is 0 Å². The van der Waals surface area contributed by atoms with Crippen molar-refractivity contribution in [3.8, 4) is 5.75 Å². The van der Waals surface area contributed by atoms with Gasteiger partial charge in [-0.05, 0) is 56.8 Å². The van der Waals surface area contributed by atoms with E-state index >= 15 is 0 Å². The smallest absolute Gasteiger partial charge is 0.124 e. The Hall–Kier alpha value is -1.32. The van der Waals surface area contributed by atoms with Crippen molar-refractivity contribution >= 4 is 0 Å². The molecule has 0 saturated carbocycles. The molecule has 1 atom stereocenters. The Bertz CT molecular complexity index is 482. The maximum absolute atomic E-state index is 5.37. The van der Waals surface area contributed by atoms with Crippen LogP contribution >= 0.6 is 0 Å². The number of benzene rings is 1. The predicted molar refractivity (Wildman–Crippen MR) is 86.7 cm³/mol. The molecule has 1 aromatic carbocycles. The number of hydrogen-bond acceptors (Lipinski definition) is 3. The monoisotopic (exact) mass is 289 g/mol. The number of nitrogens with one attached hydrogen (secondary N) is 1. The second-order valence-corrected chi connectivity index (χ2v) is 5.68. The van der Waals surface area contributed by atoms with Gasteiger partial charge in [0.05, 0.1) is 13.7 Å². The quantitative estimate of drug-likeness (QED) is 0.734. The van der Waals surface area contributed by atoms with E-state index in [1.54, 1.807) is 19.8 Å². The van der Waals surface area contributed by atoms with Crippen LogP contribution in [0.1, 0.15) is 49.8 Å². The minimum atomic E-state index is 0.341. The molecule has 1 N–H and O–H groups in total. The summed E-state index contributed by atoms with van der Waals surface area (Å²) < 4.78 is 10.6. The third kappa shape index (κ3) is 4.58. The maximum atomic E-state index is 5.37. The van der Waals surface area contributed by atoms with Crippen molar-refractivity contribution in [1.82, 2.24) is 5.32 Å². The van der Waals surface area contributed by atoms with Crippen molar-refractivity contribution in [2.24, 2.45) is 0 Å². The highest BCUT2D eigenvalue weighted by Crippen LogP contribution is 2.24. The summed E-state index contributed by atoms with van der Waals surface area (Å²) in [6.07, 6.45) is 7.46. The van der Waals surface area contributed by atoms with Gasteiger partial charge < -0.3 is 14.8 Å². The third-order valence-corrected chi connectivity index (χ3v) is 4.14.